The van der Waals surface area contributed by atoms with Gasteiger partial charge in [0.2, 0.25) is 0 Å². The fraction of sp³-hybridized carbons (Fsp3) is 0.571. The number of rotatable bonds is 9. The Morgan fingerprint density at radius 1 is 1.11 bits per heavy atom. The van der Waals surface area contributed by atoms with E-state index >= 15 is 0 Å². The molecule has 1 aromatic carbocycles. The zero-order valence-electron chi connectivity index (χ0n) is 11.5. The first-order valence-corrected chi connectivity index (χ1v) is 7.21. The second kappa shape index (κ2) is 9.43. The Morgan fingerprint density at radius 3 is 2.42 bits per heavy atom. The van der Waals surface area contributed by atoms with E-state index in [-0.39, 0.29) is 0 Å². The van der Waals surface area contributed by atoms with Crippen LogP contribution in [0.25, 0.3) is 0 Å². The van der Waals surface area contributed by atoms with Gasteiger partial charge in [-0.2, -0.15) is 0 Å². The Labute approximate surface area is 125 Å². The molecule has 0 N–H and O–H groups in total. The maximum atomic E-state index is 6.32. The second-order valence-corrected chi connectivity index (χ2v) is 4.92. The second-order valence-electron chi connectivity index (χ2n) is 4.25. The molecule has 0 aromatic heterocycles. The molecule has 0 radical (unpaired) electrons. The van der Waals surface area contributed by atoms with Crippen LogP contribution in [-0.2, 0) is 15.4 Å². The number of halogens is 2. The number of alkyl halides is 1. The Morgan fingerprint density at radius 2 is 1.84 bits per heavy atom. The van der Waals surface area contributed by atoms with E-state index in [0.717, 1.165) is 42.4 Å². The summed E-state index contributed by atoms with van der Waals surface area (Å²) in [6.45, 7) is 3.10. The van der Waals surface area contributed by atoms with E-state index in [2.05, 4.69) is 4.90 Å². The monoisotopic (exact) mass is 305 g/mol. The number of benzene rings is 1. The Hall–Kier alpha value is -0.480. The van der Waals surface area contributed by atoms with Gasteiger partial charge in [0.05, 0.1) is 17.3 Å². The van der Waals surface area contributed by atoms with Crippen LogP contribution in [0.3, 0.4) is 0 Å². The average molecular weight is 306 g/mol. The predicted molar refractivity (Wildman–Crippen MR) is 81.6 cm³/mol. The number of hydrogen-bond donors (Lipinski definition) is 0. The molecule has 0 spiro atoms. The molecular weight excluding hydrogens is 285 g/mol. The maximum Gasteiger partial charge on any atom is 0.0642 e. The lowest BCUT2D eigenvalue weighted by atomic mass is 10.2. The van der Waals surface area contributed by atoms with Crippen molar-refractivity contribution in [2.45, 2.75) is 12.3 Å². The summed E-state index contributed by atoms with van der Waals surface area (Å²) in [4.78, 5) is 2.21. The van der Waals surface area contributed by atoms with Gasteiger partial charge in [0.25, 0.3) is 0 Å². The molecule has 0 fully saturated rings. The summed E-state index contributed by atoms with van der Waals surface area (Å²) in [5.41, 5.74) is 2.04. The van der Waals surface area contributed by atoms with Crippen molar-refractivity contribution in [3.05, 3.63) is 28.8 Å². The van der Waals surface area contributed by atoms with E-state index < -0.39 is 0 Å². The smallest absolute Gasteiger partial charge is 0.0642 e. The van der Waals surface area contributed by atoms with E-state index in [0.29, 0.717) is 12.5 Å². The van der Waals surface area contributed by atoms with E-state index in [4.69, 9.17) is 32.7 Å². The maximum absolute atomic E-state index is 6.32. The third kappa shape index (κ3) is 5.57. The Balaban J connectivity index is 2.77. The van der Waals surface area contributed by atoms with Crippen LogP contribution in [-0.4, -0.2) is 40.5 Å². The first-order valence-electron chi connectivity index (χ1n) is 6.30. The van der Waals surface area contributed by atoms with Crippen molar-refractivity contribution in [1.82, 2.24) is 0 Å². The lowest BCUT2D eigenvalue weighted by molar-refractivity contribution is 0.191. The zero-order chi connectivity index (χ0) is 14.1. The molecule has 108 valence electrons. The van der Waals surface area contributed by atoms with Crippen molar-refractivity contribution in [2.24, 2.45) is 0 Å². The minimum absolute atomic E-state index is 0.474. The van der Waals surface area contributed by atoms with Crippen LogP contribution in [0.15, 0.2) is 18.2 Å². The lowest BCUT2D eigenvalue weighted by Crippen LogP contribution is -2.29. The van der Waals surface area contributed by atoms with Crippen molar-refractivity contribution in [3.8, 4) is 0 Å². The molecule has 3 nitrogen and oxygen atoms in total. The van der Waals surface area contributed by atoms with Crippen LogP contribution < -0.4 is 4.90 Å². The van der Waals surface area contributed by atoms with E-state index in [1.165, 1.54) is 0 Å². The van der Waals surface area contributed by atoms with Crippen molar-refractivity contribution >= 4 is 28.9 Å². The van der Waals surface area contributed by atoms with E-state index in [1.807, 2.05) is 18.2 Å². The zero-order valence-corrected chi connectivity index (χ0v) is 13.0. The molecule has 0 heterocycles. The first-order chi connectivity index (χ1) is 9.22. The highest BCUT2D eigenvalue weighted by Gasteiger charge is 2.10. The minimum atomic E-state index is 0.474. The van der Waals surface area contributed by atoms with Crippen LogP contribution in [0.2, 0.25) is 5.02 Å². The molecule has 19 heavy (non-hydrogen) atoms. The van der Waals surface area contributed by atoms with Gasteiger partial charge < -0.3 is 14.4 Å². The molecule has 0 bridgehead atoms. The SMILES string of the molecule is COCCCN(CCOC)c1ccc(CCl)cc1Cl. The molecule has 0 aliphatic carbocycles. The summed E-state index contributed by atoms with van der Waals surface area (Å²) in [7, 11) is 3.41. The molecule has 0 aliphatic rings. The number of hydrogen-bond acceptors (Lipinski definition) is 3. The van der Waals surface area contributed by atoms with Crippen molar-refractivity contribution in [2.75, 3.05) is 45.4 Å². The van der Waals surface area contributed by atoms with Gasteiger partial charge in [-0.25, -0.2) is 0 Å². The lowest BCUT2D eigenvalue weighted by Gasteiger charge is -2.25. The van der Waals surface area contributed by atoms with Crippen LogP contribution in [0.4, 0.5) is 5.69 Å². The van der Waals surface area contributed by atoms with Gasteiger partial charge in [-0.3, -0.25) is 0 Å². The largest absolute Gasteiger partial charge is 0.385 e. The quantitative estimate of drug-likeness (QED) is 0.514. The van der Waals surface area contributed by atoms with Crippen LogP contribution in [0.5, 0.6) is 0 Å². The van der Waals surface area contributed by atoms with Gasteiger partial charge in [-0.05, 0) is 24.1 Å². The van der Waals surface area contributed by atoms with Gasteiger partial charge in [0.15, 0.2) is 0 Å². The number of anilines is 1. The Kier molecular flexibility index (Phi) is 8.22. The summed E-state index contributed by atoms with van der Waals surface area (Å²) >= 11 is 12.1. The summed E-state index contributed by atoms with van der Waals surface area (Å²) in [5.74, 6) is 0.474. The van der Waals surface area contributed by atoms with Crippen molar-refractivity contribution in [3.63, 3.8) is 0 Å². The van der Waals surface area contributed by atoms with Crippen LogP contribution >= 0.6 is 23.2 Å². The molecule has 5 heteroatoms. The predicted octanol–water partition coefficient (Wildman–Crippen LogP) is 3.57. The van der Waals surface area contributed by atoms with Crippen LogP contribution in [0, 0.1) is 0 Å². The molecule has 1 aromatic rings. The third-order valence-corrected chi connectivity index (χ3v) is 3.46. The number of ether oxygens (including phenoxy) is 2. The standard InChI is InChI=1S/C14H21Cl2NO2/c1-18-8-3-6-17(7-9-19-2)14-5-4-12(11-15)10-13(14)16/h4-5,10H,3,6-9,11H2,1-2H3. The molecular formula is C14H21Cl2NO2. The van der Waals surface area contributed by atoms with E-state index in [9.17, 15) is 0 Å². The highest BCUT2D eigenvalue weighted by Crippen LogP contribution is 2.27. The fourth-order valence-corrected chi connectivity index (χ4v) is 2.33. The Bertz CT molecular complexity index is 374. The number of nitrogens with zero attached hydrogens (tertiary/aromatic N) is 1. The molecule has 1 rings (SSSR count). The average Bonchev–Trinajstić information content (AvgIpc) is 2.43. The molecule has 0 atom stereocenters. The number of methoxy groups -OCH3 is 2. The van der Waals surface area contributed by atoms with Gasteiger partial charge in [0.1, 0.15) is 0 Å². The molecule has 0 amide bonds. The van der Waals surface area contributed by atoms with Gasteiger partial charge >= 0.3 is 0 Å². The highest BCUT2D eigenvalue weighted by atomic mass is 35.5. The van der Waals surface area contributed by atoms with E-state index in [1.54, 1.807) is 14.2 Å². The topological polar surface area (TPSA) is 21.7 Å². The van der Waals surface area contributed by atoms with Crippen LogP contribution in [0.1, 0.15) is 12.0 Å². The first kappa shape index (κ1) is 16.6. The fourth-order valence-electron chi connectivity index (χ4n) is 1.84. The summed E-state index contributed by atoms with van der Waals surface area (Å²) in [6, 6.07) is 5.94. The normalized spacial score (nSPS) is 10.7. The molecule has 0 saturated heterocycles. The highest BCUT2D eigenvalue weighted by molar-refractivity contribution is 6.33. The van der Waals surface area contributed by atoms with Gasteiger partial charge in [0, 0.05) is 39.8 Å². The summed E-state index contributed by atoms with van der Waals surface area (Å²) in [6.07, 6.45) is 0.952. The van der Waals surface area contributed by atoms with Crippen molar-refractivity contribution < 1.29 is 9.47 Å². The molecule has 0 saturated carbocycles. The molecule has 0 unspecified atom stereocenters. The van der Waals surface area contributed by atoms with Gasteiger partial charge in [-0.15, -0.1) is 11.6 Å². The minimum Gasteiger partial charge on any atom is -0.385 e. The molecule has 0 aliphatic heterocycles. The third-order valence-electron chi connectivity index (χ3n) is 2.85. The van der Waals surface area contributed by atoms with Crippen molar-refractivity contribution in [1.29, 1.82) is 0 Å². The van der Waals surface area contributed by atoms with Gasteiger partial charge in [-0.1, -0.05) is 17.7 Å². The summed E-state index contributed by atoms with van der Waals surface area (Å²) < 4.78 is 10.2. The summed E-state index contributed by atoms with van der Waals surface area (Å²) in [5, 5.41) is 0.728.